The van der Waals surface area contributed by atoms with E-state index in [4.69, 9.17) is 18.9 Å². The first-order valence-electron chi connectivity index (χ1n) is 7.70. The Hall–Kier alpha value is -2.72. The first-order chi connectivity index (χ1) is 11.7. The van der Waals surface area contributed by atoms with Gasteiger partial charge in [0.25, 0.3) is 5.91 Å². The van der Waals surface area contributed by atoms with E-state index in [1.807, 2.05) is 6.07 Å². The third-order valence-electron chi connectivity index (χ3n) is 3.87. The molecule has 7 heteroatoms. The van der Waals surface area contributed by atoms with Gasteiger partial charge in [-0.3, -0.25) is 4.79 Å². The van der Waals surface area contributed by atoms with Gasteiger partial charge in [-0.2, -0.15) is 5.26 Å². The number of nitrogens with zero attached hydrogens (tertiary/aromatic N) is 1. The van der Waals surface area contributed by atoms with Crippen LogP contribution in [-0.2, 0) is 9.53 Å². The SMILES string of the molecule is COc1cc(/C=C(\C#N)C(=O)NC[C@@H]2CCCO2)cc2c1OCO2. The molecule has 0 saturated carbocycles. The Morgan fingerprint density at radius 3 is 3.08 bits per heavy atom. The first kappa shape index (κ1) is 16.1. The standard InChI is InChI=1S/C17H18N2O5/c1-21-14-6-11(7-15-16(14)24-10-23-15)5-12(8-18)17(20)19-9-13-3-2-4-22-13/h5-7,13H,2-4,9-10H2,1H3,(H,19,20)/b12-5+/t13-/m0/s1. The molecule has 24 heavy (non-hydrogen) atoms. The zero-order valence-corrected chi connectivity index (χ0v) is 13.3. The van der Waals surface area contributed by atoms with Gasteiger partial charge in [0, 0.05) is 13.2 Å². The molecular formula is C17H18N2O5. The molecule has 7 nitrogen and oxygen atoms in total. The summed E-state index contributed by atoms with van der Waals surface area (Å²) in [6, 6.07) is 5.32. The molecule has 0 unspecified atom stereocenters. The first-order valence-corrected chi connectivity index (χ1v) is 7.70. The fourth-order valence-corrected chi connectivity index (χ4v) is 2.66. The van der Waals surface area contributed by atoms with Crippen molar-refractivity contribution in [2.45, 2.75) is 18.9 Å². The van der Waals surface area contributed by atoms with Crippen LogP contribution >= 0.6 is 0 Å². The highest BCUT2D eigenvalue weighted by molar-refractivity contribution is 6.01. The Balaban J connectivity index is 1.75. The van der Waals surface area contributed by atoms with Crippen LogP contribution in [-0.4, -0.2) is 39.1 Å². The van der Waals surface area contributed by atoms with E-state index in [1.165, 1.54) is 13.2 Å². The van der Waals surface area contributed by atoms with Gasteiger partial charge in [-0.1, -0.05) is 0 Å². The number of carbonyl (C=O) groups excluding carboxylic acids is 1. The van der Waals surface area contributed by atoms with Gasteiger partial charge < -0.3 is 24.3 Å². The summed E-state index contributed by atoms with van der Waals surface area (Å²) < 4.78 is 21.4. The lowest BCUT2D eigenvalue weighted by Crippen LogP contribution is -2.32. The predicted octanol–water partition coefficient (Wildman–Crippen LogP) is 1.63. The van der Waals surface area contributed by atoms with Crippen LogP contribution < -0.4 is 19.5 Å². The monoisotopic (exact) mass is 330 g/mol. The second-order valence-corrected chi connectivity index (χ2v) is 5.47. The molecule has 2 heterocycles. The molecule has 1 amide bonds. The smallest absolute Gasteiger partial charge is 0.262 e. The van der Waals surface area contributed by atoms with Gasteiger partial charge in [-0.25, -0.2) is 0 Å². The van der Waals surface area contributed by atoms with Crippen molar-refractivity contribution < 1.29 is 23.7 Å². The summed E-state index contributed by atoms with van der Waals surface area (Å²) in [5, 5.41) is 12.0. The molecule has 2 aliphatic rings. The number of carbonyl (C=O) groups is 1. The number of nitrogens with one attached hydrogen (secondary N) is 1. The molecule has 0 bridgehead atoms. The number of benzene rings is 1. The highest BCUT2D eigenvalue weighted by Crippen LogP contribution is 2.42. The minimum absolute atomic E-state index is 0.00825. The lowest BCUT2D eigenvalue weighted by molar-refractivity contribution is -0.117. The molecule has 1 saturated heterocycles. The van der Waals surface area contributed by atoms with Crippen LogP contribution in [0.2, 0.25) is 0 Å². The summed E-state index contributed by atoms with van der Waals surface area (Å²) in [5.74, 6) is 1.12. The van der Waals surface area contributed by atoms with Crippen LogP contribution in [0.5, 0.6) is 17.2 Å². The van der Waals surface area contributed by atoms with Crippen molar-refractivity contribution in [1.29, 1.82) is 5.26 Å². The van der Waals surface area contributed by atoms with Crippen molar-refractivity contribution in [3.05, 3.63) is 23.3 Å². The molecule has 3 rings (SSSR count). The van der Waals surface area contributed by atoms with Crippen molar-refractivity contribution in [3.8, 4) is 23.3 Å². The predicted molar refractivity (Wildman–Crippen MR) is 84.7 cm³/mol. The van der Waals surface area contributed by atoms with Gasteiger partial charge in [0.1, 0.15) is 11.6 Å². The second kappa shape index (κ2) is 7.23. The third-order valence-corrected chi connectivity index (χ3v) is 3.87. The van der Waals surface area contributed by atoms with Crippen LogP contribution in [0.15, 0.2) is 17.7 Å². The van der Waals surface area contributed by atoms with Crippen LogP contribution in [0.25, 0.3) is 6.08 Å². The zero-order chi connectivity index (χ0) is 16.9. The molecule has 2 aliphatic heterocycles. The number of fused-ring (bicyclic) bond motifs is 1. The maximum absolute atomic E-state index is 12.2. The normalized spacial score (nSPS) is 19.0. The van der Waals surface area contributed by atoms with E-state index in [-0.39, 0.29) is 18.5 Å². The van der Waals surface area contributed by atoms with E-state index < -0.39 is 5.91 Å². The second-order valence-electron chi connectivity index (χ2n) is 5.47. The summed E-state index contributed by atoms with van der Waals surface area (Å²) in [7, 11) is 1.52. The third kappa shape index (κ3) is 3.44. The van der Waals surface area contributed by atoms with Gasteiger partial charge in [0.15, 0.2) is 11.5 Å². The fraction of sp³-hybridized carbons (Fsp3) is 0.412. The average molecular weight is 330 g/mol. The van der Waals surface area contributed by atoms with Crippen LogP contribution in [0.1, 0.15) is 18.4 Å². The molecule has 126 valence electrons. The number of amides is 1. The van der Waals surface area contributed by atoms with Gasteiger partial charge in [-0.15, -0.1) is 0 Å². The number of nitriles is 1. The zero-order valence-electron chi connectivity index (χ0n) is 13.3. The summed E-state index contributed by atoms with van der Waals surface area (Å²) in [5.41, 5.74) is 0.633. The number of hydrogen-bond donors (Lipinski definition) is 1. The van der Waals surface area contributed by atoms with Crippen LogP contribution in [0.3, 0.4) is 0 Å². The molecule has 0 radical (unpaired) electrons. The Morgan fingerprint density at radius 1 is 1.50 bits per heavy atom. The summed E-state index contributed by atoms with van der Waals surface area (Å²) >= 11 is 0. The average Bonchev–Trinajstić information content (AvgIpc) is 3.27. The molecular weight excluding hydrogens is 312 g/mol. The molecule has 1 aromatic carbocycles. The summed E-state index contributed by atoms with van der Waals surface area (Å²) in [6.07, 6.45) is 3.44. The maximum Gasteiger partial charge on any atom is 0.262 e. The molecule has 0 aromatic heterocycles. The Labute approximate surface area is 139 Å². The molecule has 0 aliphatic carbocycles. The lowest BCUT2D eigenvalue weighted by Gasteiger charge is -2.10. The largest absolute Gasteiger partial charge is 0.493 e. The quantitative estimate of drug-likeness (QED) is 0.652. The van der Waals surface area contributed by atoms with E-state index >= 15 is 0 Å². The van der Waals surface area contributed by atoms with Gasteiger partial charge in [0.05, 0.1) is 13.2 Å². The Morgan fingerprint density at radius 2 is 2.38 bits per heavy atom. The lowest BCUT2D eigenvalue weighted by atomic mass is 10.1. The van der Waals surface area contributed by atoms with E-state index in [2.05, 4.69) is 5.32 Å². The van der Waals surface area contributed by atoms with Crippen LogP contribution in [0.4, 0.5) is 0 Å². The molecule has 0 spiro atoms. The van der Waals surface area contributed by atoms with Crippen molar-refractivity contribution in [1.82, 2.24) is 5.32 Å². The van der Waals surface area contributed by atoms with Crippen molar-refractivity contribution in [2.75, 3.05) is 27.1 Å². The number of methoxy groups -OCH3 is 1. The molecule has 1 aromatic rings. The molecule has 1 fully saturated rings. The van der Waals surface area contributed by atoms with Gasteiger partial charge >= 0.3 is 0 Å². The highest BCUT2D eigenvalue weighted by Gasteiger charge is 2.21. The highest BCUT2D eigenvalue weighted by atomic mass is 16.7. The van der Waals surface area contributed by atoms with E-state index in [9.17, 15) is 10.1 Å². The molecule has 1 N–H and O–H groups in total. The van der Waals surface area contributed by atoms with E-state index in [0.29, 0.717) is 29.4 Å². The molecule has 1 atom stereocenters. The van der Waals surface area contributed by atoms with E-state index in [0.717, 1.165) is 19.4 Å². The van der Waals surface area contributed by atoms with Crippen molar-refractivity contribution in [3.63, 3.8) is 0 Å². The van der Waals surface area contributed by atoms with Crippen molar-refractivity contribution >= 4 is 12.0 Å². The number of rotatable bonds is 5. The van der Waals surface area contributed by atoms with Crippen molar-refractivity contribution in [2.24, 2.45) is 0 Å². The Kier molecular flexibility index (Phi) is 4.87. The summed E-state index contributed by atoms with van der Waals surface area (Å²) in [4.78, 5) is 12.2. The minimum Gasteiger partial charge on any atom is -0.493 e. The summed E-state index contributed by atoms with van der Waals surface area (Å²) in [6.45, 7) is 1.24. The topological polar surface area (TPSA) is 89.8 Å². The Bertz CT molecular complexity index is 702. The van der Waals surface area contributed by atoms with Gasteiger partial charge in [-0.05, 0) is 36.6 Å². The number of hydrogen-bond acceptors (Lipinski definition) is 6. The van der Waals surface area contributed by atoms with Gasteiger partial charge in [0.2, 0.25) is 12.5 Å². The maximum atomic E-state index is 12.2. The fourth-order valence-electron chi connectivity index (χ4n) is 2.66. The number of ether oxygens (including phenoxy) is 4. The van der Waals surface area contributed by atoms with E-state index in [1.54, 1.807) is 12.1 Å². The van der Waals surface area contributed by atoms with Crippen LogP contribution in [0, 0.1) is 11.3 Å². The minimum atomic E-state index is -0.426.